The largest absolute Gasteiger partial charge is 0.493 e. The molecule has 0 saturated heterocycles. The highest BCUT2D eigenvalue weighted by Gasteiger charge is 2.33. The van der Waals surface area contributed by atoms with Crippen LogP contribution in [0.4, 0.5) is 18.9 Å². The van der Waals surface area contributed by atoms with E-state index in [-0.39, 0.29) is 11.3 Å². The van der Waals surface area contributed by atoms with E-state index in [9.17, 15) is 23.3 Å². The van der Waals surface area contributed by atoms with E-state index < -0.39 is 34.9 Å². The molecular weight excluding hydrogens is 295 g/mol. The molecule has 0 fully saturated rings. The molecule has 1 aromatic carbocycles. The van der Waals surface area contributed by atoms with Crippen LogP contribution in [0.5, 0.6) is 17.2 Å². The fourth-order valence-corrected chi connectivity index (χ4v) is 1.60. The van der Waals surface area contributed by atoms with Crippen LogP contribution >= 0.6 is 0 Å². The third-order valence-corrected chi connectivity index (χ3v) is 2.41. The molecule has 9 heteroatoms. The van der Waals surface area contributed by atoms with Crippen molar-refractivity contribution >= 4 is 11.8 Å². The summed E-state index contributed by atoms with van der Waals surface area (Å²) in [5, 5.41) is 11.1. The molecule has 21 heavy (non-hydrogen) atoms. The van der Waals surface area contributed by atoms with Gasteiger partial charge in [-0.1, -0.05) is 12.7 Å². The SMILES string of the molecule is C=Cc1cc(OC)c(OCC(F)(F)F)c(OC)c1[N+](=O)[O-]. The molecule has 0 radical (unpaired) electrons. The number of halogens is 3. The van der Waals surface area contributed by atoms with Crippen LogP contribution in [0.1, 0.15) is 5.56 Å². The van der Waals surface area contributed by atoms with Gasteiger partial charge in [0.2, 0.25) is 11.5 Å². The number of hydrogen-bond acceptors (Lipinski definition) is 5. The molecule has 0 spiro atoms. The first-order valence-corrected chi connectivity index (χ1v) is 5.50. The summed E-state index contributed by atoms with van der Waals surface area (Å²) in [7, 11) is 2.27. The van der Waals surface area contributed by atoms with E-state index in [4.69, 9.17) is 9.47 Å². The molecular formula is C12H12F3NO5. The Balaban J connectivity index is 3.48. The zero-order valence-electron chi connectivity index (χ0n) is 11.2. The van der Waals surface area contributed by atoms with Gasteiger partial charge in [-0.2, -0.15) is 13.2 Å². The molecule has 1 aromatic rings. The van der Waals surface area contributed by atoms with Gasteiger partial charge < -0.3 is 14.2 Å². The highest BCUT2D eigenvalue weighted by Crippen LogP contribution is 2.47. The van der Waals surface area contributed by atoms with Crippen molar-refractivity contribution in [2.24, 2.45) is 0 Å². The van der Waals surface area contributed by atoms with E-state index in [2.05, 4.69) is 11.3 Å². The van der Waals surface area contributed by atoms with E-state index in [1.807, 2.05) is 0 Å². The molecule has 0 amide bonds. The molecule has 0 unspecified atom stereocenters. The van der Waals surface area contributed by atoms with Crippen LogP contribution in [-0.4, -0.2) is 31.9 Å². The lowest BCUT2D eigenvalue weighted by atomic mass is 10.1. The lowest BCUT2D eigenvalue weighted by Gasteiger charge is -2.16. The molecule has 0 atom stereocenters. The Kier molecular flexibility index (Phi) is 5.01. The fourth-order valence-electron chi connectivity index (χ4n) is 1.60. The van der Waals surface area contributed by atoms with Crippen LogP contribution in [0.25, 0.3) is 6.08 Å². The third kappa shape index (κ3) is 3.77. The summed E-state index contributed by atoms with van der Waals surface area (Å²) in [6.07, 6.45) is -3.45. The standard InChI is InChI=1S/C12H12F3NO5/c1-4-7-5-8(19-2)10(21-6-12(13,14)15)11(20-3)9(7)16(17)18/h4-5H,1,6H2,2-3H3. The maximum Gasteiger partial charge on any atom is 0.422 e. The zero-order valence-corrected chi connectivity index (χ0v) is 11.2. The third-order valence-electron chi connectivity index (χ3n) is 2.41. The van der Waals surface area contributed by atoms with E-state index >= 15 is 0 Å². The van der Waals surface area contributed by atoms with Crippen molar-refractivity contribution in [3.05, 3.63) is 28.3 Å². The number of nitro benzene ring substituents is 1. The van der Waals surface area contributed by atoms with Crippen LogP contribution in [-0.2, 0) is 0 Å². The zero-order chi connectivity index (χ0) is 16.2. The van der Waals surface area contributed by atoms with E-state index in [1.54, 1.807) is 0 Å². The molecule has 0 aromatic heterocycles. The van der Waals surface area contributed by atoms with Crippen molar-refractivity contribution in [1.29, 1.82) is 0 Å². The average Bonchev–Trinajstić information content (AvgIpc) is 2.41. The lowest BCUT2D eigenvalue weighted by Crippen LogP contribution is -2.20. The van der Waals surface area contributed by atoms with Gasteiger partial charge >= 0.3 is 11.9 Å². The Morgan fingerprint density at radius 1 is 1.33 bits per heavy atom. The smallest absolute Gasteiger partial charge is 0.422 e. The molecule has 0 bridgehead atoms. The Labute approximate surface area is 117 Å². The minimum absolute atomic E-state index is 0.0352. The Morgan fingerprint density at radius 3 is 2.33 bits per heavy atom. The Morgan fingerprint density at radius 2 is 1.95 bits per heavy atom. The van der Waals surface area contributed by atoms with Crippen LogP contribution in [0, 0.1) is 10.1 Å². The van der Waals surface area contributed by atoms with E-state index in [0.717, 1.165) is 19.3 Å². The molecule has 1 rings (SSSR count). The summed E-state index contributed by atoms with van der Waals surface area (Å²) in [4.78, 5) is 10.3. The maximum absolute atomic E-state index is 12.3. The van der Waals surface area contributed by atoms with Crippen molar-refractivity contribution in [1.82, 2.24) is 0 Å². The van der Waals surface area contributed by atoms with Gasteiger partial charge in [0.15, 0.2) is 12.4 Å². The molecule has 0 N–H and O–H groups in total. The fraction of sp³-hybridized carbons (Fsp3) is 0.333. The number of benzene rings is 1. The minimum atomic E-state index is -4.61. The molecule has 0 aliphatic rings. The van der Waals surface area contributed by atoms with E-state index in [1.165, 1.54) is 7.11 Å². The van der Waals surface area contributed by atoms with Crippen molar-refractivity contribution in [2.45, 2.75) is 6.18 Å². The van der Waals surface area contributed by atoms with Crippen molar-refractivity contribution in [3.8, 4) is 17.2 Å². The lowest BCUT2D eigenvalue weighted by molar-refractivity contribution is -0.386. The van der Waals surface area contributed by atoms with Gasteiger partial charge in [-0.25, -0.2) is 0 Å². The van der Waals surface area contributed by atoms with Crippen LogP contribution in [0.3, 0.4) is 0 Å². The van der Waals surface area contributed by atoms with Gasteiger partial charge in [-0.05, 0) is 6.07 Å². The van der Waals surface area contributed by atoms with Crippen LogP contribution in [0.2, 0.25) is 0 Å². The predicted molar refractivity (Wildman–Crippen MR) is 67.8 cm³/mol. The average molecular weight is 307 g/mol. The van der Waals surface area contributed by atoms with Crippen LogP contribution < -0.4 is 14.2 Å². The molecule has 0 aliphatic carbocycles. The number of ether oxygens (including phenoxy) is 3. The summed E-state index contributed by atoms with van der Waals surface area (Å²) < 4.78 is 51.1. The molecule has 0 heterocycles. The molecule has 0 saturated carbocycles. The Hall–Kier alpha value is -2.45. The number of methoxy groups -OCH3 is 2. The summed E-state index contributed by atoms with van der Waals surface area (Å²) in [6.45, 7) is 1.77. The van der Waals surface area contributed by atoms with Gasteiger partial charge in [-0.15, -0.1) is 0 Å². The highest BCUT2D eigenvalue weighted by molar-refractivity contribution is 5.73. The van der Waals surface area contributed by atoms with Crippen molar-refractivity contribution < 1.29 is 32.3 Å². The van der Waals surface area contributed by atoms with Crippen LogP contribution in [0.15, 0.2) is 12.6 Å². The topological polar surface area (TPSA) is 70.8 Å². The summed E-state index contributed by atoms with van der Waals surface area (Å²) in [5.74, 6) is -1.08. The number of alkyl halides is 3. The normalized spacial score (nSPS) is 10.9. The first-order valence-electron chi connectivity index (χ1n) is 5.50. The molecule has 6 nitrogen and oxygen atoms in total. The first-order chi connectivity index (χ1) is 9.75. The quantitative estimate of drug-likeness (QED) is 0.596. The van der Waals surface area contributed by atoms with Gasteiger partial charge in [0.1, 0.15) is 0 Å². The number of rotatable bonds is 6. The van der Waals surface area contributed by atoms with Gasteiger partial charge in [0.25, 0.3) is 0 Å². The Bertz CT molecular complexity index is 557. The van der Waals surface area contributed by atoms with Gasteiger partial charge in [0.05, 0.1) is 24.7 Å². The van der Waals surface area contributed by atoms with Crippen molar-refractivity contribution in [2.75, 3.05) is 20.8 Å². The second kappa shape index (κ2) is 6.33. The number of nitrogens with zero attached hydrogens (tertiary/aromatic N) is 1. The molecule has 0 aliphatic heterocycles. The monoisotopic (exact) mass is 307 g/mol. The van der Waals surface area contributed by atoms with E-state index in [0.29, 0.717) is 0 Å². The summed E-state index contributed by atoms with van der Waals surface area (Å²) in [5.41, 5.74) is -0.515. The van der Waals surface area contributed by atoms with Crippen molar-refractivity contribution in [3.63, 3.8) is 0 Å². The first kappa shape index (κ1) is 16.6. The van der Waals surface area contributed by atoms with Gasteiger partial charge in [0, 0.05) is 0 Å². The van der Waals surface area contributed by atoms with Gasteiger partial charge in [-0.3, -0.25) is 10.1 Å². The molecule has 116 valence electrons. The number of hydrogen-bond donors (Lipinski definition) is 0. The maximum atomic E-state index is 12.3. The minimum Gasteiger partial charge on any atom is -0.493 e. The second-order valence-electron chi connectivity index (χ2n) is 3.74. The summed E-state index contributed by atoms with van der Waals surface area (Å²) >= 11 is 0. The predicted octanol–water partition coefficient (Wildman–Crippen LogP) is 3.20. The summed E-state index contributed by atoms with van der Waals surface area (Å²) in [6, 6.07) is 1.15. The number of nitro groups is 1. The second-order valence-corrected chi connectivity index (χ2v) is 3.74. The highest BCUT2D eigenvalue weighted by atomic mass is 19.4.